The summed E-state index contributed by atoms with van der Waals surface area (Å²) in [5.41, 5.74) is 1.41. The van der Waals surface area contributed by atoms with Gasteiger partial charge in [0.2, 0.25) is 11.9 Å². The van der Waals surface area contributed by atoms with Crippen LogP contribution < -0.4 is 9.64 Å². The highest BCUT2D eigenvalue weighted by molar-refractivity contribution is 5.78. The molecular weight excluding hydrogens is 447 g/mol. The second kappa shape index (κ2) is 11.8. The van der Waals surface area contributed by atoms with Crippen molar-refractivity contribution in [1.29, 1.82) is 0 Å². The third-order valence-corrected chi connectivity index (χ3v) is 7.19. The van der Waals surface area contributed by atoms with E-state index in [-0.39, 0.29) is 18.1 Å². The highest BCUT2D eigenvalue weighted by Crippen LogP contribution is 2.49. The van der Waals surface area contributed by atoms with Gasteiger partial charge in [-0.1, -0.05) is 6.07 Å². The minimum Gasteiger partial charge on any atom is -0.493 e. The Morgan fingerprint density at radius 2 is 1.94 bits per heavy atom. The van der Waals surface area contributed by atoms with Gasteiger partial charge >= 0.3 is 0 Å². The molecule has 1 aromatic heterocycles. The van der Waals surface area contributed by atoms with E-state index >= 15 is 0 Å². The number of amides is 1. The topological polar surface area (TPSA) is 67.8 Å². The quantitative estimate of drug-likeness (QED) is 0.478. The number of benzene rings is 1. The Morgan fingerprint density at radius 1 is 1.20 bits per heavy atom. The van der Waals surface area contributed by atoms with Gasteiger partial charge in [0.1, 0.15) is 11.6 Å². The number of hydrogen-bond acceptors (Lipinski definition) is 6. The maximum absolute atomic E-state index is 14.3. The van der Waals surface area contributed by atoms with Crippen LogP contribution in [0.15, 0.2) is 30.6 Å². The van der Waals surface area contributed by atoms with Crippen LogP contribution in [0, 0.1) is 23.6 Å². The molecular formula is C27H37FN4O3. The number of carbonyl (C=O) groups is 1. The van der Waals surface area contributed by atoms with Crippen LogP contribution in [0.2, 0.25) is 0 Å². The SMILES string of the molecule is CCOCc1cnc(N2CCC([C@H]3C[C@H]3CCOc3ccc(CC(=O)N(C)C)c(F)c3)CC2)nc1. The summed E-state index contributed by atoms with van der Waals surface area (Å²) in [4.78, 5) is 24.6. The van der Waals surface area contributed by atoms with Crippen molar-refractivity contribution in [3.63, 3.8) is 0 Å². The third kappa shape index (κ3) is 6.90. The van der Waals surface area contributed by atoms with Crippen molar-refractivity contribution in [2.75, 3.05) is 45.3 Å². The molecule has 190 valence electrons. The van der Waals surface area contributed by atoms with Crippen molar-refractivity contribution >= 4 is 11.9 Å². The van der Waals surface area contributed by atoms with Gasteiger partial charge in [-0.05, 0) is 62.0 Å². The van der Waals surface area contributed by atoms with Gasteiger partial charge in [-0.3, -0.25) is 4.79 Å². The number of likely N-dealkylation sites (N-methyl/N-ethyl adjacent to an activating group) is 1. The highest BCUT2D eigenvalue weighted by Gasteiger charge is 2.43. The van der Waals surface area contributed by atoms with Crippen LogP contribution in [0.3, 0.4) is 0 Å². The second-order valence-electron chi connectivity index (χ2n) is 9.87. The molecule has 1 aliphatic heterocycles. The summed E-state index contributed by atoms with van der Waals surface area (Å²) in [6.45, 7) is 5.82. The average molecular weight is 485 g/mol. The highest BCUT2D eigenvalue weighted by atomic mass is 19.1. The molecule has 0 radical (unpaired) electrons. The predicted molar refractivity (Wildman–Crippen MR) is 133 cm³/mol. The molecule has 7 nitrogen and oxygen atoms in total. The summed E-state index contributed by atoms with van der Waals surface area (Å²) in [5.74, 6) is 3.05. The average Bonchev–Trinajstić information content (AvgIpc) is 3.64. The fraction of sp³-hybridized carbons (Fsp3) is 0.593. The molecule has 2 heterocycles. The first-order valence-electron chi connectivity index (χ1n) is 12.7. The Bertz CT molecular complexity index is 977. The van der Waals surface area contributed by atoms with Crippen molar-refractivity contribution in [3.8, 4) is 5.75 Å². The molecule has 0 unspecified atom stereocenters. The van der Waals surface area contributed by atoms with Gasteiger partial charge in [0.15, 0.2) is 0 Å². The van der Waals surface area contributed by atoms with Gasteiger partial charge in [0, 0.05) is 57.8 Å². The molecule has 2 aromatic rings. The van der Waals surface area contributed by atoms with Gasteiger partial charge in [0.05, 0.1) is 19.6 Å². The predicted octanol–water partition coefficient (Wildman–Crippen LogP) is 4.10. The normalized spacial score (nSPS) is 20.1. The smallest absolute Gasteiger partial charge is 0.226 e. The monoisotopic (exact) mass is 484 g/mol. The zero-order valence-corrected chi connectivity index (χ0v) is 21.1. The van der Waals surface area contributed by atoms with Crippen LogP contribution in [0.4, 0.5) is 10.3 Å². The van der Waals surface area contributed by atoms with Crippen LogP contribution in [0.1, 0.15) is 43.7 Å². The molecule has 0 bridgehead atoms. The van der Waals surface area contributed by atoms with Crippen LogP contribution in [-0.4, -0.2) is 61.2 Å². The number of ether oxygens (including phenoxy) is 2. The van der Waals surface area contributed by atoms with E-state index in [1.165, 1.54) is 30.2 Å². The Labute approximate surface area is 207 Å². The van der Waals surface area contributed by atoms with Gasteiger partial charge < -0.3 is 19.3 Å². The fourth-order valence-corrected chi connectivity index (χ4v) is 4.92. The van der Waals surface area contributed by atoms with Gasteiger partial charge in [-0.25, -0.2) is 14.4 Å². The number of anilines is 1. The number of hydrogen-bond donors (Lipinski definition) is 0. The van der Waals surface area contributed by atoms with Crippen molar-refractivity contribution in [2.45, 2.75) is 45.6 Å². The van der Waals surface area contributed by atoms with E-state index in [1.54, 1.807) is 26.2 Å². The summed E-state index contributed by atoms with van der Waals surface area (Å²) in [6, 6.07) is 4.80. The minimum absolute atomic E-state index is 0.0625. The van der Waals surface area contributed by atoms with Crippen molar-refractivity contribution in [2.24, 2.45) is 17.8 Å². The molecule has 0 spiro atoms. The van der Waals surface area contributed by atoms with Crippen molar-refractivity contribution in [3.05, 3.63) is 47.5 Å². The van der Waals surface area contributed by atoms with Gasteiger partial charge in [0.25, 0.3) is 0 Å². The van der Waals surface area contributed by atoms with Crippen LogP contribution in [-0.2, 0) is 22.6 Å². The summed E-state index contributed by atoms with van der Waals surface area (Å²) in [6.07, 6.45) is 8.39. The number of aromatic nitrogens is 2. The first kappa shape index (κ1) is 25.4. The van der Waals surface area contributed by atoms with Gasteiger partial charge in [-0.2, -0.15) is 0 Å². The van der Waals surface area contributed by atoms with E-state index in [9.17, 15) is 9.18 Å². The van der Waals surface area contributed by atoms with E-state index in [0.29, 0.717) is 37.1 Å². The molecule has 0 N–H and O–H groups in total. The summed E-state index contributed by atoms with van der Waals surface area (Å²) >= 11 is 0. The number of piperidine rings is 1. The van der Waals surface area contributed by atoms with Crippen LogP contribution in [0.25, 0.3) is 0 Å². The van der Waals surface area contributed by atoms with E-state index in [4.69, 9.17) is 9.47 Å². The fourth-order valence-electron chi connectivity index (χ4n) is 4.92. The third-order valence-electron chi connectivity index (χ3n) is 7.19. The lowest BCUT2D eigenvalue weighted by atomic mass is 9.90. The standard InChI is InChI=1S/C27H37FN4O3/c1-4-34-18-19-16-29-27(30-17-19)32-10-7-20(8-11-32)24-13-21(24)9-12-35-23-6-5-22(25(28)15-23)14-26(33)31(2)3/h5-6,15-17,20-21,24H,4,7-14,18H2,1-3H3/t21-,24-/m1/s1. The van der Waals surface area contributed by atoms with Crippen molar-refractivity contribution < 1.29 is 18.7 Å². The lowest BCUT2D eigenvalue weighted by molar-refractivity contribution is -0.128. The molecule has 8 heteroatoms. The maximum Gasteiger partial charge on any atom is 0.226 e. The van der Waals surface area contributed by atoms with Gasteiger partial charge in [-0.15, -0.1) is 0 Å². The number of halogens is 1. The zero-order valence-electron chi connectivity index (χ0n) is 21.1. The molecule has 1 aliphatic carbocycles. The Balaban J connectivity index is 1.16. The Hall–Kier alpha value is -2.74. The summed E-state index contributed by atoms with van der Waals surface area (Å²) in [5, 5.41) is 0. The molecule has 1 saturated carbocycles. The molecule has 2 atom stereocenters. The summed E-state index contributed by atoms with van der Waals surface area (Å²) < 4.78 is 25.6. The summed E-state index contributed by atoms with van der Waals surface area (Å²) in [7, 11) is 3.34. The zero-order chi connectivity index (χ0) is 24.8. The van der Waals surface area contributed by atoms with Crippen LogP contribution in [0.5, 0.6) is 5.75 Å². The number of rotatable bonds is 11. The van der Waals surface area contributed by atoms with E-state index in [0.717, 1.165) is 42.9 Å². The molecule has 35 heavy (non-hydrogen) atoms. The Kier molecular flexibility index (Phi) is 8.55. The Morgan fingerprint density at radius 3 is 2.60 bits per heavy atom. The molecule has 1 amide bonds. The largest absolute Gasteiger partial charge is 0.493 e. The molecule has 2 aliphatic rings. The van der Waals surface area contributed by atoms with Crippen LogP contribution >= 0.6 is 0 Å². The maximum atomic E-state index is 14.3. The molecule has 4 rings (SSSR count). The first-order valence-corrected chi connectivity index (χ1v) is 12.7. The minimum atomic E-state index is -0.387. The lowest BCUT2D eigenvalue weighted by Crippen LogP contribution is -2.35. The van der Waals surface area contributed by atoms with E-state index in [1.807, 2.05) is 19.3 Å². The van der Waals surface area contributed by atoms with Crippen molar-refractivity contribution in [1.82, 2.24) is 14.9 Å². The molecule has 1 aromatic carbocycles. The number of carbonyl (C=O) groups excluding carboxylic acids is 1. The van der Waals surface area contributed by atoms with E-state index < -0.39 is 0 Å². The number of nitrogens with zero attached hydrogens (tertiary/aromatic N) is 4. The lowest BCUT2D eigenvalue weighted by Gasteiger charge is -2.32. The van der Waals surface area contributed by atoms with E-state index in [2.05, 4.69) is 14.9 Å². The second-order valence-corrected chi connectivity index (χ2v) is 9.87. The molecule has 2 fully saturated rings. The molecule has 1 saturated heterocycles. The first-order chi connectivity index (χ1) is 16.9.